The Hall–Kier alpha value is -1.34. The van der Waals surface area contributed by atoms with Crippen molar-refractivity contribution in [1.29, 1.82) is 0 Å². The van der Waals surface area contributed by atoms with Gasteiger partial charge in [-0.1, -0.05) is 25.1 Å². The van der Waals surface area contributed by atoms with E-state index in [-0.39, 0.29) is 17.4 Å². The van der Waals surface area contributed by atoms with Crippen LogP contribution in [0.3, 0.4) is 0 Å². The van der Waals surface area contributed by atoms with Gasteiger partial charge in [-0.25, -0.2) is 4.98 Å². The zero-order valence-electron chi connectivity index (χ0n) is 11.3. The SMILES string of the molecule is CCCC(C)n1c(SCC(=O)O)nc2ccsc2c1=O. The van der Waals surface area contributed by atoms with E-state index < -0.39 is 5.97 Å². The van der Waals surface area contributed by atoms with Crippen molar-refractivity contribution < 1.29 is 9.90 Å². The Morgan fingerprint density at radius 3 is 3.00 bits per heavy atom. The highest BCUT2D eigenvalue weighted by Gasteiger charge is 2.17. The Morgan fingerprint density at radius 1 is 1.60 bits per heavy atom. The summed E-state index contributed by atoms with van der Waals surface area (Å²) in [6.07, 6.45) is 1.82. The number of carboxylic acids is 1. The zero-order valence-corrected chi connectivity index (χ0v) is 13.0. The van der Waals surface area contributed by atoms with E-state index in [0.29, 0.717) is 15.4 Å². The number of thiophene rings is 1. The molecule has 108 valence electrons. The molecule has 2 aromatic heterocycles. The largest absolute Gasteiger partial charge is 0.481 e. The van der Waals surface area contributed by atoms with Crippen LogP contribution in [-0.2, 0) is 4.79 Å². The Labute approximate surface area is 124 Å². The first-order valence-electron chi connectivity index (χ1n) is 6.39. The van der Waals surface area contributed by atoms with Gasteiger partial charge in [0.05, 0.1) is 11.3 Å². The molecule has 2 rings (SSSR count). The summed E-state index contributed by atoms with van der Waals surface area (Å²) in [7, 11) is 0. The maximum Gasteiger partial charge on any atom is 0.313 e. The van der Waals surface area contributed by atoms with Crippen molar-refractivity contribution >= 4 is 39.3 Å². The molecule has 0 saturated heterocycles. The Balaban J connectivity index is 2.53. The molecule has 0 aliphatic heterocycles. The molecule has 0 spiro atoms. The van der Waals surface area contributed by atoms with Gasteiger partial charge in [-0.05, 0) is 24.8 Å². The predicted molar refractivity (Wildman–Crippen MR) is 81.9 cm³/mol. The quantitative estimate of drug-likeness (QED) is 0.656. The second-order valence-corrected chi connectivity index (χ2v) is 6.38. The van der Waals surface area contributed by atoms with Crippen molar-refractivity contribution in [3.05, 3.63) is 21.8 Å². The van der Waals surface area contributed by atoms with E-state index in [1.807, 2.05) is 12.3 Å². The van der Waals surface area contributed by atoms with Gasteiger partial charge in [0, 0.05) is 6.04 Å². The molecule has 7 heteroatoms. The van der Waals surface area contributed by atoms with Gasteiger partial charge in [-0.3, -0.25) is 14.2 Å². The molecule has 2 aromatic rings. The van der Waals surface area contributed by atoms with Crippen molar-refractivity contribution in [2.24, 2.45) is 0 Å². The van der Waals surface area contributed by atoms with Gasteiger partial charge >= 0.3 is 5.97 Å². The molecule has 0 aliphatic rings. The molecule has 0 aromatic carbocycles. The Bertz CT molecular complexity index is 678. The standard InChI is InChI=1S/C13H16N2O3S2/c1-3-4-8(2)15-12(18)11-9(5-6-19-11)14-13(15)20-7-10(16)17/h5-6,8H,3-4,7H2,1-2H3,(H,16,17). The summed E-state index contributed by atoms with van der Waals surface area (Å²) in [6, 6.07) is 1.81. The zero-order chi connectivity index (χ0) is 14.7. The molecule has 0 saturated carbocycles. The molecule has 20 heavy (non-hydrogen) atoms. The molecular formula is C13H16N2O3S2. The Kier molecular flexibility index (Phi) is 4.82. The van der Waals surface area contributed by atoms with E-state index in [9.17, 15) is 9.59 Å². The summed E-state index contributed by atoms with van der Waals surface area (Å²) in [5.41, 5.74) is 0.576. The van der Waals surface area contributed by atoms with Crippen LogP contribution in [0.4, 0.5) is 0 Å². The number of nitrogens with zero attached hydrogens (tertiary/aromatic N) is 2. The number of rotatable bonds is 6. The Morgan fingerprint density at radius 2 is 2.35 bits per heavy atom. The monoisotopic (exact) mass is 312 g/mol. The lowest BCUT2D eigenvalue weighted by Crippen LogP contribution is -2.26. The second kappa shape index (κ2) is 6.41. The molecule has 1 atom stereocenters. The van der Waals surface area contributed by atoms with Crippen LogP contribution in [0.1, 0.15) is 32.7 Å². The molecule has 1 N–H and O–H groups in total. The molecular weight excluding hydrogens is 296 g/mol. The van der Waals surface area contributed by atoms with Crippen molar-refractivity contribution in [1.82, 2.24) is 9.55 Å². The minimum atomic E-state index is -0.913. The summed E-state index contributed by atoms with van der Waals surface area (Å²) >= 11 is 2.47. The highest BCUT2D eigenvalue weighted by molar-refractivity contribution is 7.99. The fraction of sp³-hybridized carbons (Fsp3) is 0.462. The van der Waals surface area contributed by atoms with Gasteiger partial charge < -0.3 is 5.11 Å². The first-order chi connectivity index (χ1) is 9.54. The normalized spacial score (nSPS) is 12.7. The van der Waals surface area contributed by atoms with Crippen LogP contribution < -0.4 is 5.56 Å². The third-order valence-electron chi connectivity index (χ3n) is 2.95. The molecule has 2 heterocycles. The predicted octanol–water partition coefficient (Wildman–Crippen LogP) is 3.00. The lowest BCUT2D eigenvalue weighted by molar-refractivity contribution is -0.133. The van der Waals surface area contributed by atoms with Crippen molar-refractivity contribution in [3.8, 4) is 0 Å². The van der Waals surface area contributed by atoms with E-state index in [1.165, 1.54) is 11.3 Å². The van der Waals surface area contributed by atoms with Crippen LogP contribution >= 0.6 is 23.1 Å². The van der Waals surface area contributed by atoms with E-state index in [4.69, 9.17) is 5.11 Å². The average molecular weight is 312 g/mol. The number of hydrogen-bond acceptors (Lipinski definition) is 5. The van der Waals surface area contributed by atoms with E-state index in [1.54, 1.807) is 10.6 Å². The van der Waals surface area contributed by atoms with Crippen LogP contribution in [0.25, 0.3) is 10.2 Å². The maximum atomic E-state index is 12.5. The van der Waals surface area contributed by atoms with Gasteiger partial charge in [0.1, 0.15) is 4.70 Å². The molecule has 1 unspecified atom stereocenters. The lowest BCUT2D eigenvalue weighted by Gasteiger charge is -2.17. The highest BCUT2D eigenvalue weighted by Crippen LogP contribution is 2.24. The van der Waals surface area contributed by atoms with Gasteiger partial charge in [0.2, 0.25) is 0 Å². The summed E-state index contributed by atoms with van der Waals surface area (Å²) in [5, 5.41) is 11.1. The van der Waals surface area contributed by atoms with Gasteiger partial charge in [-0.15, -0.1) is 11.3 Å². The van der Waals surface area contributed by atoms with Gasteiger partial charge in [0.25, 0.3) is 5.56 Å². The summed E-state index contributed by atoms with van der Waals surface area (Å²) in [4.78, 5) is 27.7. The smallest absolute Gasteiger partial charge is 0.313 e. The first kappa shape index (κ1) is 15.1. The topological polar surface area (TPSA) is 72.2 Å². The average Bonchev–Trinajstić information content (AvgIpc) is 2.85. The lowest BCUT2D eigenvalue weighted by atomic mass is 10.2. The third-order valence-corrected chi connectivity index (χ3v) is 4.78. The molecule has 0 fully saturated rings. The van der Waals surface area contributed by atoms with Gasteiger partial charge in [-0.2, -0.15) is 0 Å². The summed E-state index contributed by atoms with van der Waals surface area (Å²) < 4.78 is 2.27. The van der Waals surface area contributed by atoms with Crippen molar-refractivity contribution in [3.63, 3.8) is 0 Å². The van der Waals surface area contributed by atoms with Crippen LogP contribution in [0, 0.1) is 0 Å². The third kappa shape index (κ3) is 3.04. The van der Waals surface area contributed by atoms with Crippen molar-refractivity contribution in [2.45, 2.75) is 37.9 Å². The number of fused-ring (bicyclic) bond motifs is 1. The fourth-order valence-corrected chi connectivity index (χ4v) is 3.65. The number of aromatic nitrogens is 2. The maximum absolute atomic E-state index is 12.5. The number of hydrogen-bond donors (Lipinski definition) is 1. The number of carbonyl (C=O) groups is 1. The molecule has 0 amide bonds. The second-order valence-electron chi connectivity index (χ2n) is 4.52. The van der Waals surface area contributed by atoms with Crippen molar-refractivity contribution in [2.75, 3.05) is 5.75 Å². The highest BCUT2D eigenvalue weighted by atomic mass is 32.2. The van der Waals surface area contributed by atoms with E-state index in [0.717, 1.165) is 24.6 Å². The minimum Gasteiger partial charge on any atom is -0.481 e. The van der Waals surface area contributed by atoms with Crippen LogP contribution in [0.2, 0.25) is 0 Å². The number of thioether (sulfide) groups is 1. The first-order valence-corrected chi connectivity index (χ1v) is 8.25. The molecule has 5 nitrogen and oxygen atoms in total. The van der Waals surface area contributed by atoms with Crippen LogP contribution in [-0.4, -0.2) is 26.4 Å². The number of aliphatic carboxylic acids is 1. The molecule has 0 bridgehead atoms. The summed E-state index contributed by atoms with van der Waals surface area (Å²) in [6.45, 7) is 4.03. The van der Waals surface area contributed by atoms with Gasteiger partial charge in [0.15, 0.2) is 5.16 Å². The number of carboxylic acid groups (broad SMARTS) is 1. The van der Waals surface area contributed by atoms with Crippen LogP contribution in [0.15, 0.2) is 21.4 Å². The van der Waals surface area contributed by atoms with E-state index in [2.05, 4.69) is 11.9 Å². The molecule has 0 radical (unpaired) electrons. The minimum absolute atomic E-state index is 0.0165. The molecule has 0 aliphatic carbocycles. The fourth-order valence-electron chi connectivity index (χ4n) is 2.07. The summed E-state index contributed by atoms with van der Waals surface area (Å²) in [5.74, 6) is -1.01. The van der Waals surface area contributed by atoms with E-state index >= 15 is 0 Å². The van der Waals surface area contributed by atoms with Crippen LogP contribution in [0.5, 0.6) is 0 Å².